The molecular weight excluding hydrogens is 278 g/mol. The van der Waals surface area contributed by atoms with Crippen LogP contribution < -0.4 is 10.9 Å². The zero-order valence-electron chi connectivity index (χ0n) is 13.6. The molecule has 120 valence electrons. The molecule has 1 heterocycles. The van der Waals surface area contributed by atoms with Crippen molar-refractivity contribution in [3.8, 4) is 0 Å². The van der Waals surface area contributed by atoms with Gasteiger partial charge in [-0.3, -0.25) is 20.4 Å². The number of hydrogen-bond acceptors (Lipinski definition) is 3. The number of piperidine rings is 1. The van der Waals surface area contributed by atoms with E-state index in [9.17, 15) is 9.59 Å². The number of para-hydroxylation sites is 1. The van der Waals surface area contributed by atoms with E-state index >= 15 is 0 Å². The average Bonchev–Trinajstić information content (AvgIpc) is 2.52. The van der Waals surface area contributed by atoms with Crippen molar-refractivity contribution in [3.63, 3.8) is 0 Å². The quantitative estimate of drug-likeness (QED) is 0.843. The summed E-state index contributed by atoms with van der Waals surface area (Å²) in [6.07, 6.45) is 1.42. The fourth-order valence-electron chi connectivity index (χ4n) is 2.58. The lowest BCUT2D eigenvalue weighted by Gasteiger charge is -2.35. The van der Waals surface area contributed by atoms with Crippen molar-refractivity contribution in [1.82, 2.24) is 10.3 Å². The van der Waals surface area contributed by atoms with Crippen LogP contribution in [-0.2, 0) is 9.59 Å². The second-order valence-electron chi connectivity index (χ2n) is 6.80. The van der Waals surface area contributed by atoms with Gasteiger partial charge in [0.25, 0.3) is 0 Å². The number of carbonyl (C=O) groups is 2. The van der Waals surface area contributed by atoms with Crippen LogP contribution in [0.25, 0.3) is 0 Å². The fourth-order valence-corrected chi connectivity index (χ4v) is 2.58. The molecular formula is C17H25N3O2. The first-order valence-corrected chi connectivity index (χ1v) is 7.78. The third kappa shape index (κ3) is 4.23. The Morgan fingerprint density at radius 3 is 2.23 bits per heavy atom. The van der Waals surface area contributed by atoms with E-state index in [4.69, 9.17) is 0 Å². The molecule has 0 saturated carbocycles. The average molecular weight is 303 g/mol. The Hall–Kier alpha value is -2.04. The first kappa shape index (κ1) is 16.3. The second kappa shape index (κ2) is 6.81. The summed E-state index contributed by atoms with van der Waals surface area (Å²) in [5.41, 5.74) is 6.17. The van der Waals surface area contributed by atoms with E-state index in [1.807, 2.05) is 56.0 Å². The Morgan fingerprint density at radius 2 is 1.68 bits per heavy atom. The van der Waals surface area contributed by atoms with E-state index in [1.165, 1.54) is 0 Å². The molecule has 1 aliphatic heterocycles. The summed E-state index contributed by atoms with van der Waals surface area (Å²) in [7, 11) is 0. The third-order valence-electron chi connectivity index (χ3n) is 3.90. The smallest absolute Gasteiger partial charge is 0.241 e. The van der Waals surface area contributed by atoms with Crippen LogP contribution in [0.2, 0.25) is 0 Å². The predicted octanol–water partition coefficient (Wildman–Crippen LogP) is 2.41. The van der Waals surface area contributed by atoms with Crippen molar-refractivity contribution in [1.29, 1.82) is 0 Å². The van der Waals surface area contributed by atoms with Gasteiger partial charge >= 0.3 is 0 Å². The molecule has 2 rings (SSSR count). The van der Waals surface area contributed by atoms with E-state index in [0.29, 0.717) is 25.9 Å². The lowest BCUT2D eigenvalue weighted by atomic mass is 9.91. The molecule has 0 unspecified atom stereocenters. The van der Waals surface area contributed by atoms with Crippen LogP contribution in [0.4, 0.5) is 5.69 Å². The third-order valence-corrected chi connectivity index (χ3v) is 3.90. The van der Waals surface area contributed by atoms with Gasteiger partial charge in [0.1, 0.15) is 0 Å². The highest BCUT2D eigenvalue weighted by molar-refractivity contribution is 5.83. The van der Waals surface area contributed by atoms with Gasteiger partial charge in [-0.05, 0) is 25.0 Å². The number of rotatable bonds is 3. The summed E-state index contributed by atoms with van der Waals surface area (Å²) in [4.78, 5) is 26.3. The molecule has 0 bridgehead atoms. The highest BCUT2D eigenvalue weighted by Gasteiger charge is 2.32. The first-order chi connectivity index (χ1) is 10.4. The van der Waals surface area contributed by atoms with E-state index in [0.717, 1.165) is 5.69 Å². The molecule has 0 atom stereocenters. The highest BCUT2D eigenvalue weighted by Crippen LogP contribution is 2.23. The normalized spacial score (nSPS) is 16.2. The van der Waals surface area contributed by atoms with Gasteiger partial charge in [0, 0.05) is 24.4 Å². The number of amides is 2. The first-order valence-electron chi connectivity index (χ1n) is 7.78. The van der Waals surface area contributed by atoms with Crippen LogP contribution in [0, 0.1) is 11.3 Å². The number of hydrazine groups is 1. The van der Waals surface area contributed by atoms with E-state index in [1.54, 1.807) is 0 Å². The highest BCUT2D eigenvalue weighted by atomic mass is 16.2. The maximum Gasteiger partial charge on any atom is 0.241 e. The summed E-state index contributed by atoms with van der Waals surface area (Å²) >= 11 is 0. The molecule has 0 aliphatic carbocycles. The Bertz CT molecular complexity index is 514. The van der Waals surface area contributed by atoms with E-state index in [2.05, 4.69) is 10.9 Å². The standard InChI is InChI=1S/C17H25N3O2/c1-17(2,3)16(22)20-11-9-13(10-12-20)15(21)19-18-14-7-5-4-6-8-14/h4-8,13,18H,9-12H2,1-3H3,(H,19,21). The molecule has 1 saturated heterocycles. The number of benzene rings is 1. The van der Waals surface area contributed by atoms with Crippen LogP contribution in [0.3, 0.4) is 0 Å². The largest absolute Gasteiger partial charge is 0.342 e. The summed E-state index contributed by atoms with van der Waals surface area (Å²) in [6.45, 7) is 7.09. The Kier molecular flexibility index (Phi) is 5.06. The number of carbonyl (C=O) groups excluding carboxylic acids is 2. The van der Waals surface area contributed by atoms with Crippen molar-refractivity contribution in [2.24, 2.45) is 11.3 Å². The zero-order valence-corrected chi connectivity index (χ0v) is 13.6. The summed E-state index contributed by atoms with van der Waals surface area (Å²) < 4.78 is 0. The second-order valence-corrected chi connectivity index (χ2v) is 6.80. The Morgan fingerprint density at radius 1 is 1.09 bits per heavy atom. The number of nitrogens with one attached hydrogen (secondary N) is 2. The number of likely N-dealkylation sites (tertiary alicyclic amines) is 1. The number of hydrogen-bond donors (Lipinski definition) is 2. The Labute approximate surface area is 132 Å². The van der Waals surface area contributed by atoms with Crippen molar-refractivity contribution in [2.75, 3.05) is 18.5 Å². The van der Waals surface area contributed by atoms with Gasteiger partial charge in [0.2, 0.25) is 11.8 Å². The molecule has 0 radical (unpaired) electrons. The maximum atomic E-state index is 12.2. The lowest BCUT2D eigenvalue weighted by molar-refractivity contribution is -0.142. The summed E-state index contributed by atoms with van der Waals surface area (Å²) in [5, 5.41) is 0. The van der Waals surface area contributed by atoms with Crippen molar-refractivity contribution in [2.45, 2.75) is 33.6 Å². The minimum absolute atomic E-state index is 0.00768. The molecule has 0 aromatic heterocycles. The molecule has 5 nitrogen and oxygen atoms in total. The van der Waals surface area contributed by atoms with Crippen molar-refractivity contribution in [3.05, 3.63) is 30.3 Å². The van der Waals surface area contributed by atoms with Gasteiger partial charge in [-0.2, -0.15) is 0 Å². The van der Waals surface area contributed by atoms with Crippen LogP contribution in [0.15, 0.2) is 30.3 Å². The Balaban J connectivity index is 1.79. The van der Waals surface area contributed by atoms with Crippen LogP contribution in [0.1, 0.15) is 33.6 Å². The molecule has 5 heteroatoms. The fraction of sp³-hybridized carbons (Fsp3) is 0.529. The van der Waals surface area contributed by atoms with Crippen LogP contribution in [-0.4, -0.2) is 29.8 Å². The maximum absolute atomic E-state index is 12.2. The number of anilines is 1. The molecule has 2 N–H and O–H groups in total. The van der Waals surface area contributed by atoms with Gasteiger partial charge in [-0.15, -0.1) is 0 Å². The lowest BCUT2D eigenvalue weighted by Crippen LogP contribution is -2.47. The summed E-state index contributed by atoms with van der Waals surface area (Å²) in [5.74, 6) is 0.112. The summed E-state index contributed by atoms with van der Waals surface area (Å²) in [6, 6.07) is 9.53. The molecule has 1 aromatic rings. The van der Waals surface area contributed by atoms with Crippen LogP contribution in [0.5, 0.6) is 0 Å². The minimum atomic E-state index is -0.357. The topological polar surface area (TPSA) is 61.4 Å². The SMILES string of the molecule is CC(C)(C)C(=O)N1CCC(C(=O)NNc2ccccc2)CC1. The minimum Gasteiger partial charge on any atom is -0.342 e. The molecule has 22 heavy (non-hydrogen) atoms. The predicted molar refractivity (Wildman–Crippen MR) is 87.0 cm³/mol. The molecule has 1 aromatic carbocycles. The monoisotopic (exact) mass is 303 g/mol. The molecule has 1 fully saturated rings. The van der Waals surface area contributed by atoms with Crippen molar-refractivity contribution >= 4 is 17.5 Å². The van der Waals surface area contributed by atoms with Gasteiger partial charge in [-0.25, -0.2) is 0 Å². The van der Waals surface area contributed by atoms with E-state index < -0.39 is 0 Å². The number of nitrogens with zero attached hydrogens (tertiary/aromatic N) is 1. The molecule has 2 amide bonds. The van der Waals surface area contributed by atoms with Gasteiger partial charge in [0.15, 0.2) is 0 Å². The van der Waals surface area contributed by atoms with Gasteiger partial charge < -0.3 is 4.90 Å². The van der Waals surface area contributed by atoms with Gasteiger partial charge in [-0.1, -0.05) is 39.0 Å². The van der Waals surface area contributed by atoms with E-state index in [-0.39, 0.29) is 23.1 Å². The van der Waals surface area contributed by atoms with Crippen LogP contribution >= 0.6 is 0 Å². The molecule has 1 aliphatic rings. The molecule has 0 spiro atoms. The zero-order chi connectivity index (χ0) is 16.2. The van der Waals surface area contributed by atoms with Gasteiger partial charge in [0.05, 0.1) is 5.69 Å². The van der Waals surface area contributed by atoms with Crippen molar-refractivity contribution < 1.29 is 9.59 Å².